The number of rotatable bonds is 6. The van der Waals surface area contributed by atoms with E-state index in [4.69, 9.17) is 0 Å². The number of hydrogen-bond donors (Lipinski definition) is 3. The van der Waals surface area contributed by atoms with Gasteiger partial charge in [-0.05, 0) is 27.7 Å². The van der Waals surface area contributed by atoms with Crippen molar-refractivity contribution in [2.45, 2.75) is 34.2 Å². The van der Waals surface area contributed by atoms with Crippen LogP contribution in [0.1, 0.15) is 30.8 Å². The van der Waals surface area contributed by atoms with Gasteiger partial charge >= 0.3 is 0 Å². The summed E-state index contributed by atoms with van der Waals surface area (Å²) >= 11 is 0. The summed E-state index contributed by atoms with van der Waals surface area (Å²) in [5.41, 5.74) is 3.21. The lowest BCUT2D eigenvalue weighted by Gasteiger charge is -2.11. The molecule has 0 saturated heterocycles. The third kappa shape index (κ3) is 6.20. The monoisotopic (exact) mass is 422 g/mol. The fourth-order valence-electron chi connectivity index (χ4n) is 1.97. The molecular weight excluding hydrogens is 395 g/mol. The van der Waals surface area contributed by atoms with Crippen LogP contribution >= 0.6 is 24.0 Å². The van der Waals surface area contributed by atoms with Crippen LogP contribution in [0.15, 0.2) is 4.99 Å². The van der Waals surface area contributed by atoms with Crippen LogP contribution in [-0.4, -0.2) is 41.3 Å². The van der Waals surface area contributed by atoms with Gasteiger partial charge in [-0.1, -0.05) is 0 Å². The number of likely N-dealkylation sites (N-methyl/N-ethyl adjacent to an activating group) is 1. The van der Waals surface area contributed by atoms with Crippen LogP contribution in [-0.2, 0) is 18.4 Å². The van der Waals surface area contributed by atoms with Gasteiger partial charge in [0.05, 0.1) is 18.8 Å². The Morgan fingerprint density at radius 2 is 1.82 bits per heavy atom. The van der Waals surface area contributed by atoms with Gasteiger partial charge in [0.1, 0.15) is 0 Å². The number of nitrogens with zero attached hydrogens (tertiary/aromatic N) is 3. The van der Waals surface area contributed by atoms with Gasteiger partial charge in [-0.25, -0.2) is 4.99 Å². The van der Waals surface area contributed by atoms with Crippen LogP contribution in [0.25, 0.3) is 0 Å². The fourth-order valence-corrected chi connectivity index (χ4v) is 1.97. The van der Waals surface area contributed by atoms with E-state index in [1.54, 1.807) is 0 Å². The predicted octanol–water partition coefficient (Wildman–Crippen LogP) is 0.846. The molecule has 8 heteroatoms. The molecule has 0 spiro atoms. The molecule has 22 heavy (non-hydrogen) atoms. The molecule has 1 heterocycles. The average molecular weight is 422 g/mol. The average Bonchev–Trinajstić information content (AvgIpc) is 2.67. The summed E-state index contributed by atoms with van der Waals surface area (Å²) in [4.78, 5) is 16.0. The predicted molar refractivity (Wildman–Crippen MR) is 99.6 cm³/mol. The number of aromatic nitrogens is 2. The van der Waals surface area contributed by atoms with Crippen LogP contribution in [0.3, 0.4) is 0 Å². The minimum atomic E-state index is -0.0446. The molecule has 0 fully saturated rings. The molecular formula is C14H27IN6O. The van der Waals surface area contributed by atoms with E-state index in [1.807, 2.05) is 39.4 Å². The summed E-state index contributed by atoms with van der Waals surface area (Å²) in [5.74, 6) is 0.586. The molecule has 0 saturated carbocycles. The molecule has 0 aliphatic rings. The molecule has 0 radical (unpaired) electrons. The van der Waals surface area contributed by atoms with E-state index in [2.05, 4.69) is 26.0 Å². The topological polar surface area (TPSA) is 83.3 Å². The molecule has 126 valence electrons. The Hall–Kier alpha value is -1.32. The van der Waals surface area contributed by atoms with Crippen molar-refractivity contribution >= 4 is 35.8 Å². The van der Waals surface area contributed by atoms with E-state index in [9.17, 15) is 4.79 Å². The number of aliphatic imine (C=N–C) groups is 1. The van der Waals surface area contributed by atoms with Crippen LogP contribution in [0.5, 0.6) is 0 Å². The normalized spacial score (nSPS) is 10.9. The molecule has 7 nitrogen and oxygen atoms in total. The fraction of sp³-hybridized carbons (Fsp3) is 0.643. The molecule has 0 aliphatic heterocycles. The van der Waals surface area contributed by atoms with Crippen molar-refractivity contribution < 1.29 is 4.79 Å². The third-order valence-corrected chi connectivity index (χ3v) is 3.19. The molecule has 1 aromatic heterocycles. The van der Waals surface area contributed by atoms with E-state index >= 15 is 0 Å². The SMILES string of the molecule is CCNC(=O)CNC(=NCc1c(C)nn(C)c1C)NCC.I. The molecule has 0 aromatic carbocycles. The Morgan fingerprint density at radius 1 is 1.18 bits per heavy atom. The van der Waals surface area contributed by atoms with E-state index in [0.29, 0.717) is 19.0 Å². The number of amides is 1. The smallest absolute Gasteiger partial charge is 0.239 e. The molecule has 0 unspecified atom stereocenters. The van der Waals surface area contributed by atoms with Crippen molar-refractivity contribution in [3.8, 4) is 0 Å². The summed E-state index contributed by atoms with van der Waals surface area (Å²) in [7, 11) is 1.92. The van der Waals surface area contributed by atoms with E-state index in [-0.39, 0.29) is 36.4 Å². The first kappa shape index (κ1) is 20.7. The molecule has 0 atom stereocenters. The first-order valence-corrected chi connectivity index (χ1v) is 7.27. The van der Waals surface area contributed by atoms with Crippen LogP contribution < -0.4 is 16.0 Å². The number of aryl methyl sites for hydroxylation is 2. The number of carbonyl (C=O) groups excluding carboxylic acids is 1. The summed E-state index contributed by atoms with van der Waals surface area (Å²) in [6, 6.07) is 0. The van der Waals surface area contributed by atoms with Gasteiger partial charge in [0, 0.05) is 31.4 Å². The number of hydrogen-bond acceptors (Lipinski definition) is 3. The number of carbonyl (C=O) groups is 1. The second kappa shape index (κ2) is 10.4. The number of halogens is 1. The zero-order valence-corrected chi connectivity index (χ0v) is 16.3. The van der Waals surface area contributed by atoms with Crippen molar-refractivity contribution in [3.05, 3.63) is 17.0 Å². The number of guanidine groups is 1. The maximum Gasteiger partial charge on any atom is 0.239 e. The van der Waals surface area contributed by atoms with Gasteiger partial charge < -0.3 is 16.0 Å². The Morgan fingerprint density at radius 3 is 2.32 bits per heavy atom. The van der Waals surface area contributed by atoms with Gasteiger partial charge in [-0.15, -0.1) is 24.0 Å². The van der Waals surface area contributed by atoms with Gasteiger partial charge in [-0.3, -0.25) is 9.48 Å². The minimum Gasteiger partial charge on any atom is -0.357 e. The highest BCUT2D eigenvalue weighted by Gasteiger charge is 2.09. The van der Waals surface area contributed by atoms with Gasteiger partial charge in [0.2, 0.25) is 5.91 Å². The minimum absolute atomic E-state index is 0. The lowest BCUT2D eigenvalue weighted by molar-refractivity contribution is -0.119. The molecule has 3 N–H and O–H groups in total. The second-order valence-electron chi connectivity index (χ2n) is 4.78. The Bertz CT molecular complexity index is 512. The van der Waals surface area contributed by atoms with Crippen LogP contribution in [0, 0.1) is 13.8 Å². The van der Waals surface area contributed by atoms with Gasteiger partial charge in [0.15, 0.2) is 5.96 Å². The lowest BCUT2D eigenvalue weighted by atomic mass is 10.2. The molecule has 0 aliphatic carbocycles. The molecule has 1 rings (SSSR count). The van der Waals surface area contributed by atoms with Gasteiger partial charge in [0.25, 0.3) is 0 Å². The first-order chi connectivity index (χ1) is 9.99. The van der Waals surface area contributed by atoms with E-state index in [1.165, 1.54) is 0 Å². The zero-order chi connectivity index (χ0) is 15.8. The van der Waals surface area contributed by atoms with Crippen molar-refractivity contribution in [2.75, 3.05) is 19.6 Å². The van der Waals surface area contributed by atoms with Crippen molar-refractivity contribution in [1.82, 2.24) is 25.7 Å². The highest BCUT2D eigenvalue weighted by atomic mass is 127. The lowest BCUT2D eigenvalue weighted by Crippen LogP contribution is -2.43. The maximum absolute atomic E-state index is 11.5. The second-order valence-corrected chi connectivity index (χ2v) is 4.78. The molecule has 1 aromatic rings. The molecule has 0 bridgehead atoms. The standard InChI is InChI=1S/C14H26N6O.HI/c1-6-15-13(21)9-18-14(16-7-2)17-8-12-10(3)19-20(5)11(12)4;/h6-9H2,1-5H3,(H,15,21)(H2,16,17,18);1H. The largest absolute Gasteiger partial charge is 0.357 e. The van der Waals surface area contributed by atoms with Crippen molar-refractivity contribution in [3.63, 3.8) is 0 Å². The summed E-state index contributed by atoms with van der Waals surface area (Å²) in [6.07, 6.45) is 0. The third-order valence-electron chi connectivity index (χ3n) is 3.19. The Labute approximate surface area is 149 Å². The van der Waals surface area contributed by atoms with Crippen molar-refractivity contribution in [2.24, 2.45) is 12.0 Å². The maximum atomic E-state index is 11.5. The zero-order valence-electron chi connectivity index (χ0n) is 14.0. The highest BCUT2D eigenvalue weighted by Crippen LogP contribution is 2.12. The summed E-state index contributed by atoms with van der Waals surface area (Å²) < 4.78 is 1.86. The summed E-state index contributed by atoms with van der Waals surface area (Å²) in [5, 5.41) is 13.3. The van der Waals surface area contributed by atoms with Gasteiger partial charge in [-0.2, -0.15) is 5.10 Å². The molecule has 1 amide bonds. The van der Waals surface area contributed by atoms with Crippen LogP contribution in [0.4, 0.5) is 0 Å². The highest BCUT2D eigenvalue weighted by molar-refractivity contribution is 14.0. The summed E-state index contributed by atoms with van der Waals surface area (Å²) in [6.45, 7) is 10.0. The Kier molecular flexibility index (Phi) is 9.79. The van der Waals surface area contributed by atoms with Crippen LogP contribution in [0.2, 0.25) is 0 Å². The quantitative estimate of drug-likeness (QED) is 0.361. The van der Waals surface area contributed by atoms with E-state index < -0.39 is 0 Å². The first-order valence-electron chi connectivity index (χ1n) is 7.27. The number of nitrogens with one attached hydrogen (secondary N) is 3. The van der Waals surface area contributed by atoms with Crippen molar-refractivity contribution in [1.29, 1.82) is 0 Å². The Balaban J connectivity index is 0.00000441. The van der Waals surface area contributed by atoms with E-state index in [0.717, 1.165) is 23.5 Å².